The van der Waals surface area contributed by atoms with E-state index in [1.807, 2.05) is 11.0 Å². The highest BCUT2D eigenvalue weighted by Crippen LogP contribution is 2.31. The van der Waals surface area contributed by atoms with Gasteiger partial charge in [0.1, 0.15) is 6.10 Å². The summed E-state index contributed by atoms with van der Waals surface area (Å²) in [5.41, 5.74) is 6.75. The van der Waals surface area contributed by atoms with E-state index in [0.29, 0.717) is 37.4 Å². The quantitative estimate of drug-likeness (QED) is 0.894. The number of carbonyl (C=O) groups is 2. The SMILES string of the molecule is N#Cc1cccc(CC(=O)N2CCC([C@@H]3CC[C@H](C(N)=O)O3)CC2)c1. The van der Waals surface area contributed by atoms with Gasteiger partial charge in [-0.2, -0.15) is 5.26 Å². The largest absolute Gasteiger partial charge is 0.367 e. The third-order valence-electron chi connectivity index (χ3n) is 5.20. The molecule has 25 heavy (non-hydrogen) atoms. The molecule has 2 aliphatic rings. The summed E-state index contributed by atoms with van der Waals surface area (Å²) >= 11 is 0. The number of likely N-dealkylation sites (tertiary alicyclic amines) is 1. The molecular weight excluding hydrogens is 318 g/mol. The molecule has 6 nitrogen and oxygen atoms in total. The number of nitrogens with two attached hydrogens (primary N) is 1. The standard InChI is InChI=1S/C19H23N3O3/c20-12-14-3-1-2-13(10-14)11-18(23)22-8-6-15(7-9-22)16-4-5-17(25-16)19(21)24/h1-3,10,15-17H,4-9,11H2,(H2,21,24)/t16-,17+/m0/s1. The molecule has 2 atom stereocenters. The van der Waals surface area contributed by atoms with Crippen molar-refractivity contribution in [3.8, 4) is 6.07 Å². The van der Waals surface area contributed by atoms with Crippen LogP contribution >= 0.6 is 0 Å². The molecule has 2 saturated heterocycles. The lowest BCUT2D eigenvalue weighted by Crippen LogP contribution is -2.42. The fourth-order valence-corrected chi connectivity index (χ4v) is 3.78. The maximum Gasteiger partial charge on any atom is 0.246 e. The van der Waals surface area contributed by atoms with E-state index in [1.54, 1.807) is 18.2 Å². The lowest BCUT2D eigenvalue weighted by molar-refractivity contribution is -0.133. The van der Waals surface area contributed by atoms with Crippen LogP contribution in [0.1, 0.15) is 36.8 Å². The third kappa shape index (κ3) is 4.18. The number of rotatable bonds is 4. The summed E-state index contributed by atoms with van der Waals surface area (Å²) in [7, 11) is 0. The fraction of sp³-hybridized carbons (Fsp3) is 0.526. The number of amides is 2. The Morgan fingerprint density at radius 3 is 2.64 bits per heavy atom. The summed E-state index contributed by atoms with van der Waals surface area (Å²) < 4.78 is 5.77. The first-order valence-electron chi connectivity index (χ1n) is 8.78. The van der Waals surface area contributed by atoms with Crippen molar-refractivity contribution in [2.24, 2.45) is 11.7 Å². The van der Waals surface area contributed by atoms with Gasteiger partial charge in [-0.1, -0.05) is 12.1 Å². The molecule has 1 aromatic rings. The zero-order chi connectivity index (χ0) is 17.8. The van der Waals surface area contributed by atoms with Crippen molar-refractivity contribution < 1.29 is 14.3 Å². The zero-order valence-corrected chi connectivity index (χ0v) is 14.2. The third-order valence-corrected chi connectivity index (χ3v) is 5.20. The van der Waals surface area contributed by atoms with Gasteiger partial charge in [0.25, 0.3) is 0 Å². The molecule has 0 aromatic heterocycles. The van der Waals surface area contributed by atoms with Crippen LogP contribution in [-0.2, 0) is 20.7 Å². The Morgan fingerprint density at radius 2 is 2.00 bits per heavy atom. The predicted molar refractivity (Wildman–Crippen MR) is 91.3 cm³/mol. The van der Waals surface area contributed by atoms with Crippen LogP contribution in [0.25, 0.3) is 0 Å². The molecule has 132 valence electrons. The smallest absolute Gasteiger partial charge is 0.246 e. The fourth-order valence-electron chi connectivity index (χ4n) is 3.78. The molecule has 0 aliphatic carbocycles. The maximum atomic E-state index is 12.5. The van der Waals surface area contributed by atoms with E-state index < -0.39 is 6.10 Å². The van der Waals surface area contributed by atoms with Crippen molar-refractivity contribution in [3.63, 3.8) is 0 Å². The van der Waals surface area contributed by atoms with Crippen LogP contribution in [0.3, 0.4) is 0 Å². The van der Waals surface area contributed by atoms with Crippen molar-refractivity contribution in [1.82, 2.24) is 4.90 Å². The molecule has 3 rings (SSSR count). The molecular formula is C19H23N3O3. The van der Waals surface area contributed by atoms with E-state index >= 15 is 0 Å². The van der Waals surface area contributed by atoms with Crippen LogP contribution in [0.2, 0.25) is 0 Å². The van der Waals surface area contributed by atoms with Gasteiger partial charge in [-0.3, -0.25) is 9.59 Å². The molecule has 2 heterocycles. The summed E-state index contributed by atoms with van der Waals surface area (Å²) in [5, 5.41) is 8.94. The molecule has 2 fully saturated rings. The molecule has 0 bridgehead atoms. The number of hydrogen-bond donors (Lipinski definition) is 1. The highest BCUT2D eigenvalue weighted by atomic mass is 16.5. The lowest BCUT2D eigenvalue weighted by Gasteiger charge is -2.34. The van der Waals surface area contributed by atoms with Crippen LogP contribution < -0.4 is 5.73 Å². The summed E-state index contributed by atoms with van der Waals surface area (Å²) in [6.45, 7) is 1.42. The van der Waals surface area contributed by atoms with Gasteiger partial charge in [0.05, 0.1) is 24.2 Å². The second-order valence-corrected chi connectivity index (χ2v) is 6.85. The maximum absolute atomic E-state index is 12.5. The summed E-state index contributed by atoms with van der Waals surface area (Å²) in [5.74, 6) is 0.0981. The molecule has 0 spiro atoms. The monoisotopic (exact) mass is 341 g/mol. The molecule has 1 aromatic carbocycles. The molecule has 6 heteroatoms. The topological polar surface area (TPSA) is 96.4 Å². The minimum atomic E-state index is -0.447. The number of primary amides is 1. The van der Waals surface area contributed by atoms with Crippen molar-refractivity contribution >= 4 is 11.8 Å². The Hall–Kier alpha value is -2.39. The number of nitrogens with zero attached hydrogens (tertiary/aromatic N) is 2. The Bertz CT molecular complexity index is 689. The zero-order valence-electron chi connectivity index (χ0n) is 14.2. The van der Waals surface area contributed by atoms with Gasteiger partial charge in [0.2, 0.25) is 11.8 Å². The number of benzene rings is 1. The average Bonchev–Trinajstić information content (AvgIpc) is 3.12. The van der Waals surface area contributed by atoms with E-state index in [9.17, 15) is 9.59 Å². The van der Waals surface area contributed by atoms with Gasteiger partial charge in [-0.15, -0.1) is 0 Å². The van der Waals surface area contributed by atoms with Crippen molar-refractivity contribution in [2.45, 2.75) is 44.3 Å². The van der Waals surface area contributed by atoms with Crippen LogP contribution in [-0.4, -0.2) is 42.0 Å². The summed E-state index contributed by atoms with van der Waals surface area (Å²) in [6, 6.07) is 9.28. The second kappa shape index (κ2) is 7.66. The number of carbonyl (C=O) groups excluding carboxylic acids is 2. The summed E-state index contributed by atoms with van der Waals surface area (Å²) in [4.78, 5) is 25.6. The number of ether oxygens (including phenoxy) is 1. The molecule has 2 amide bonds. The molecule has 0 saturated carbocycles. The first-order valence-corrected chi connectivity index (χ1v) is 8.78. The Kier molecular flexibility index (Phi) is 5.34. The predicted octanol–water partition coefficient (Wildman–Crippen LogP) is 1.37. The van der Waals surface area contributed by atoms with Crippen LogP contribution in [0.5, 0.6) is 0 Å². The normalized spacial score (nSPS) is 24.0. The first-order chi connectivity index (χ1) is 12.1. The van der Waals surface area contributed by atoms with Crippen LogP contribution in [0.15, 0.2) is 24.3 Å². The molecule has 2 aliphatic heterocycles. The Morgan fingerprint density at radius 1 is 1.24 bits per heavy atom. The highest BCUT2D eigenvalue weighted by molar-refractivity contribution is 5.79. The summed E-state index contributed by atoms with van der Waals surface area (Å²) in [6.07, 6.45) is 3.31. The van der Waals surface area contributed by atoms with Gasteiger partial charge < -0.3 is 15.4 Å². The lowest BCUT2D eigenvalue weighted by atomic mass is 9.89. The first kappa shape index (κ1) is 17.4. The van der Waals surface area contributed by atoms with Gasteiger partial charge in [0, 0.05) is 13.1 Å². The van der Waals surface area contributed by atoms with Crippen LogP contribution in [0.4, 0.5) is 0 Å². The van der Waals surface area contributed by atoms with Crippen molar-refractivity contribution in [2.75, 3.05) is 13.1 Å². The Balaban J connectivity index is 1.49. The Labute approximate surface area is 147 Å². The number of hydrogen-bond acceptors (Lipinski definition) is 4. The van der Waals surface area contributed by atoms with Crippen molar-refractivity contribution in [3.05, 3.63) is 35.4 Å². The van der Waals surface area contributed by atoms with Crippen molar-refractivity contribution in [1.29, 1.82) is 5.26 Å². The van der Waals surface area contributed by atoms with Gasteiger partial charge in [0.15, 0.2) is 0 Å². The van der Waals surface area contributed by atoms with E-state index in [-0.39, 0.29) is 17.9 Å². The average molecular weight is 341 g/mol. The van der Waals surface area contributed by atoms with E-state index in [4.69, 9.17) is 15.7 Å². The minimum Gasteiger partial charge on any atom is -0.367 e. The molecule has 0 unspecified atom stereocenters. The number of piperidine rings is 1. The van der Waals surface area contributed by atoms with Gasteiger partial charge in [-0.25, -0.2) is 0 Å². The van der Waals surface area contributed by atoms with Crippen LogP contribution in [0, 0.1) is 17.2 Å². The minimum absolute atomic E-state index is 0.0852. The van der Waals surface area contributed by atoms with E-state index in [2.05, 4.69) is 6.07 Å². The highest BCUT2D eigenvalue weighted by Gasteiger charge is 2.36. The number of nitriles is 1. The molecule has 0 radical (unpaired) electrons. The van der Waals surface area contributed by atoms with Gasteiger partial charge >= 0.3 is 0 Å². The van der Waals surface area contributed by atoms with E-state index in [1.165, 1.54) is 0 Å². The van der Waals surface area contributed by atoms with E-state index in [0.717, 1.165) is 24.8 Å². The van der Waals surface area contributed by atoms with Gasteiger partial charge in [-0.05, 0) is 49.3 Å². The second-order valence-electron chi connectivity index (χ2n) is 6.85. The molecule has 2 N–H and O–H groups in total.